The van der Waals surface area contributed by atoms with Crippen molar-refractivity contribution >= 4 is 11.7 Å². The molecule has 96 valence electrons. The van der Waals surface area contributed by atoms with Gasteiger partial charge in [-0.05, 0) is 19.3 Å². The molecule has 0 aliphatic heterocycles. The van der Waals surface area contributed by atoms with Crippen LogP contribution in [-0.2, 0) is 0 Å². The van der Waals surface area contributed by atoms with E-state index in [2.05, 4.69) is 0 Å². The van der Waals surface area contributed by atoms with Crippen molar-refractivity contribution in [1.82, 2.24) is 0 Å². The van der Waals surface area contributed by atoms with Gasteiger partial charge in [0.2, 0.25) is 0 Å². The van der Waals surface area contributed by atoms with Crippen LogP contribution in [0.5, 0.6) is 5.75 Å². The van der Waals surface area contributed by atoms with Gasteiger partial charge in [-0.3, -0.25) is 10.1 Å². The summed E-state index contributed by atoms with van der Waals surface area (Å²) in [6, 6.07) is 1.45. The molecule has 0 radical (unpaired) electrons. The quantitative estimate of drug-likeness (QED) is 0.658. The van der Waals surface area contributed by atoms with Gasteiger partial charge in [0.1, 0.15) is 5.56 Å². The third kappa shape index (κ3) is 2.24. The molecule has 0 saturated heterocycles. The molecule has 0 atom stereocenters. The molecule has 1 saturated carbocycles. The molecule has 0 amide bonds. The van der Waals surface area contributed by atoms with Crippen LogP contribution in [0.2, 0.25) is 0 Å². The molecule has 1 aromatic carbocycles. The number of benzene rings is 1. The van der Waals surface area contributed by atoms with E-state index in [1.807, 2.05) is 0 Å². The van der Waals surface area contributed by atoms with Gasteiger partial charge in [0, 0.05) is 6.07 Å². The van der Waals surface area contributed by atoms with Crippen LogP contribution in [0.15, 0.2) is 12.1 Å². The van der Waals surface area contributed by atoms with Crippen LogP contribution in [0.3, 0.4) is 0 Å². The van der Waals surface area contributed by atoms with Gasteiger partial charge >= 0.3 is 5.97 Å². The van der Waals surface area contributed by atoms with Crippen molar-refractivity contribution in [1.29, 1.82) is 0 Å². The third-order valence-electron chi connectivity index (χ3n) is 2.82. The number of aromatic carboxylic acids is 1. The number of nitro groups is 1. The number of rotatable bonds is 4. The van der Waals surface area contributed by atoms with E-state index in [0.717, 1.165) is 25.3 Å². The van der Waals surface area contributed by atoms with Gasteiger partial charge in [-0.2, -0.15) is 0 Å². The SMILES string of the molecule is O=C(O)c1cc(OC2CCC2)c(F)cc1[N+](=O)[O-]. The Morgan fingerprint density at radius 2 is 2.17 bits per heavy atom. The van der Waals surface area contributed by atoms with E-state index in [0.29, 0.717) is 6.07 Å². The summed E-state index contributed by atoms with van der Waals surface area (Å²) in [6.45, 7) is 0. The van der Waals surface area contributed by atoms with Crippen molar-refractivity contribution in [2.45, 2.75) is 25.4 Å². The number of nitrogens with zero attached hydrogens (tertiary/aromatic N) is 1. The molecule has 2 rings (SSSR count). The van der Waals surface area contributed by atoms with E-state index < -0.39 is 28.0 Å². The molecular formula is C11H10FNO5. The highest BCUT2D eigenvalue weighted by molar-refractivity contribution is 5.92. The number of hydrogen-bond acceptors (Lipinski definition) is 4. The molecule has 6 nitrogen and oxygen atoms in total. The maximum atomic E-state index is 13.6. The lowest BCUT2D eigenvalue weighted by Gasteiger charge is -2.26. The molecule has 1 aromatic rings. The molecule has 1 fully saturated rings. The summed E-state index contributed by atoms with van der Waals surface area (Å²) >= 11 is 0. The Kier molecular flexibility index (Phi) is 3.14. The molecule has 0 aromatic heterocycles. The van der Waals surface area contributed by atoms with E-state index >= 15 is 0 Å². The smallest absolute Gasteiger partial charge is 0.342 e. The number of carboxylic acids is 1. The zero-order valence-corrected chi connectivity index (χ0v) is 9.26. The number of ether oxygens (including phenoxy) is 1. The lowest BCUT2D eigenvalue weighted by molar-refractivity contribution is -0.385. The summed E-state index contributed by atoms with van der Waals surface area (Å²) in [7, 11) is 0. The number of hydrogen-bond donors (Lipinski definition) is 1. The standard InChI is InChI=1S/C11H10FNO5/c12-8-5-9(13(16)17)7(11(14)15)4-10(8)18-6-2-1-3-6/h4-6H,1-3H2,(H,14,15). The van der Waals surface area contributed by atoms with Gasteiger partial charge < -0.3 is 9.84 Å². The normalized spacial score (nSPS) is 14.9. The predicted octanol–water partition coefficient (Wildman–Crippen LogP) is 2.36. The average molecular weight is 255 g/mol. The first kappa shape index (κ1) is 12.3. The Bertz CT molecular complexity index is 512. The van der Waals surface area contributed by atoms with Crippen molar-refractivity contribution < 1.29 is 24.0 Å². The molecule has 1 N–H and O–H groups in total. The Balaban J connectivity index is 2.38. The monoisotopic (exact) mass is 255 g/mol. The summed E-state index contributed by atoms with van der Waals surface area (Å²) in [5.74, 6) is -2.65. The van der Waals surface area contributed by atoms with Gasteiger partial charge in [0.15, 0.2) is 11.6 Å². The van der Waals surface area contributed by atoms with Gasteiger partial charge in [0.25, 0.3) is 5.69 Å². The molecule has 18 heavy (non-hydrogen) atoms. The Hall–Kier alpha value is -2.18. The van der Waals surface area contributed by atoms with Crippen LogP contribution >= 0.6 is 0 Å². The Morgan fingerprint density at radius 1 is 1.50 bits per heavy atom. The van der Waals surface area contributed by atoms with Crippen molar-refractivity contribution in [3.63, 3.8) is 0 Å². The number of carbonyl (C=O) groups is 1. The number of carboxylic acid groups (broad SMARTS) is 1. The fourth-order valence-corrected chi connectivity index (χ4v) is 1.62. The van der Waals surface area contributed by atoms with Crippen LogP contribution < -0.4 is 4.74 Å². The molecule has 0 bridgehead atoms. The van der Waals surface area contributed by atoms with Crippen molar-refractivity contribution in [2.24, 2.45) is 0 Å². The average Bonchev–Trinajstić information content (AvgIpc) is 2.23. The Morgan fingerprint density at radius 3 is 2.61 bits per heavy atom. The van der Waals surface area contributed by atoms with Gasteiger partial charge in [-0.15, -0.1) is 0 Å². The first-order valence-corrected chi connectivity index (χ1v) is 5.37. The summed E-state index contributed by atoms with van der Waals surface area (Å²) in [4.78, 5) is 20.6. The highest BCUT2D eigenvalue weighted by Gasteiger charge is 2.26. The zero-order valence-electron chi connectivity index (χ0n) is 9.26. The highest BCUT2D eigenvalue weighted by Crippen LogP contribution is 2.31. The first-order valence-electron chi connectivity index (χ1n) is 5.37. The van der Waals surface area contributed by atoms with Crippen molar-refractivity contribution in [2.75, 3.05) is 0 Å². The maximum Gasteiger partial charge on any atom is 0.342 e. The van der Waals surface area contributed by atoms with E-state index in [1.54, 1.807) is 0 Å². The lowest BCUT2D eigenvalue weighted by atomic mass is 9.96. The summed E-state index contributed by atoms with van der Waals surface area (Å²) in [5.41, 5.74) is -1.35. The minimum Gasteiger partial charge on any atom is -0.487 e. The van der Waals surface area contributed by atoms with E-state index in [-0.39, 0.29) is 11.9 Å². The number of halogens is 1. The largest absolute Gasteiger partial charge is 0.487 e. The molecule has 1 aliphatic rings. The molecule has 7 heteroatoms. The van der Waals surface area contributed by atoms with Gasteiger partial charge in [0.05, 0.1) is 17.1 Å². The molecule has 0 unspecified atom stereocenters. The van der Waals surface area contributed by atoms with E-state index in [4.69, 9.17) is 9.84 Å². The topological polar surface area (TPSA) is 89.7 Å². The molecule has 1 aliphatic carbocycles. The predicted molar refractivity (Wildman–Crippen MR) is 58.3 cm³/mol. The maximum absolute atomic E-state index is 13.6. The van der Waals surface area contributed by atoms with Crippen LogP contribution in [0, 0.1) is 15.9 Å². The van der Waals surface area contributed by atoms with Gasteiger partial charge in [-0.25, -0.2) is 9.18 Å². The van der Waals surface area contributed by atoms with E-state index in [1.165, 1.54) is 0 Å². The van der Waals surface area contributed by atoms with Crippen LogP contribution in [-0.4, -0.2) is 22.1 Å². The molecular weight excluding hydrogens is 245 g/mol. The third-order valence-corrected chi connectivity index (χ3v) is 2.82. The summed E-state index contributed by atoms with van der Waals surface area (Å²) < 4.78 is 18.8. The second-order valence-electron chi connectivity index (χ2n) is 4.03. The summed E-state index contributed by atoms with van der Waals surface area (Å²) in [5, 5.41) is 19.5. The second kappa shape index (κ2) is 4.59. The minimum absolute atomic E-state index is 0.136. The first-order chi connectivity index (χ1) is 8.49. The molecule has 0 heterocycles. The Labute approximate surface area is 101 Å². The molecule has 0 spiro atoms. The number of nitro benzene ring substituents is 1. The fraction of sp³-hybridized carbons (Fsp3) is 0.364. The summed E-state index contributed by atoms with van der Waals surface area (Å²) in [6.07, 6.45) is 2.39. The van der Waals surface area contributed by atoms with Crippen LogP contribution in [0.4, 0.5) is 10.1 Å². The van der Waals surface area contributed by atoms with E-state index in [9.17, 15) is 19.3 Å². The van der Waals surface area contributed by atoms with Crippen molar-refractivity contribution in [3.8, 4) is 5.75 Å². The zero-order chi connectivity index (χ0) is 13.3. The fourth-order valence-electron chi connectivity index (χ4n) is 1.62. The minimum atomic E-state index is -1.49. The highest BCUT2D eigenvalue weighted by atomic mass is 19.1. The lowest BCUT2D eigenvalue weighted by Crippen LogP contribution is -2.25. The van der Waals surface area contributed by atoms with Crippen molar-refractivity contribution in [3.05, 3.63) is 33.6 Å². The van der Waals surface area contributed by atoms with Gasteiger partial charge in [-0.1, -0.05) is 0 Å². The van der Waals surface area contributed by atoms with Crippen LogP contribution in [0.25, 0.3) is 0 Å². The van der Waals surface area contributed by atoms with Crippen LogP contribution in [0.1, 0.15) is 29.6 Å². The second-order valence-corrected chi connectivity index (χ2v) is 4.03.